The van der Waals surface area contributed by atoms with Crippen molar-refractivity contribution in [1.82, 2.24) is 0 Å². The topological polar surface area (TPSA) is 49.4 Å². The summed E-state index contributed by atoms with van der Waals surface area (Å²) < 4.78 is 0. The average Bonchev–Trinajstić information content (AvgIpc) is 2.77. The van der Waals surface area contributed by atoms with Gasteiger partial charge in [-0.15, -0.1) is 0 Å². The van der Waals surface area contributed by atoms with Gasteiger partial charge >= 0.3 is 0 Å². The maximum atomic E-state index is 12.5. The van der Waals surface area contributed by atoms with Gasteiger partial charge in [0.1, 0.15) is 6.04 Å². The van der Waals surface area contributed by atoms with Gasteiger partial charge in [-0.25, -0.2) is 4.90 Å². The van der Waals surface area contributed by atoms with E-state index < -0.39 is 6.04 Å². The van der Waals surface area contributed by atoms with E-state index >= 15 is 0 Å². The molecule has 1 saturated heterocycles. The van der Waals surface area contributed by atoms with Crippen LogP contribution in [0.5, 0.6) is 0 Å². The van der Waals surface area contributed by atoms with Crippen molar-refractivity contribution in [2.24, 2.45) is 0 Å². The lowest BCUT2D eigenvalue weighted by Gasteiger charge is -2.16. The second-order valence-corrected chi connectivity index (χ2v) is 5.82. The third-order valence-corrected chi connectivity index (χ3v) is 3.92. The van der Waals surface area contributed by atoms with Crippen molar-refractivity contribution in [3.63, 3.8) is 0 Å². The molecule has 2 aromatic rings. The van der Waals surface area contributed by atoms with E-state index in [1.165, 1.54) is 4.90 Å². The number of nitrogens with one attached hydrogen (secondary N) is 1. The summed E-state index contributed by atoms with van der Waals surface area (Å²) in [6.45, 7) is 0. The number of carbonyl (C=O) groups excluding carboxylic acids is 2. The SMILES string of the molecule is O=C1CC(Nc2ccc(Cl)cc2)C(=O)N1c1ccc(Cl)cc1. The van der Waals surface area contributed by atoms with Gasteiger partial charge in [0.2, 0.25) is 5.91 Å². The number of benzene rings is 2. The lowest BCUT2D eigenvalue weighted by molar-refractivity contribution is -0.121. The van der Waals surface area contributed by atoms with E-state index in [1.807, 2.05) is 0 Å². The fourth-order valence-electron chi connectivity index (χ4n) is 2.35. The molecule has 1 aliphatic rings. The maximum absolute atomic E-state index is 12.5. The molecule has 0 saturated carbocycles. The van der Waals surface area contributed by atoms with Gasteiger partial charge in [-0.2, -0.15) is 0 Å². The van der Waals surface area contributed by atoms with Crippen molar-refractivity contribution in [2.75, 3.05) is 10.2 Å². The molecule has 6 heteroatoms. The minimum Gasteiger partial charge on any atom is -0.373 e. The third kappa shape index (κ3) is 2.93. The van der Waals surface area contributed by atoms with E-state index in [4.69, 9.17) is 23.2 Å². The molecule has 1 unspecified atom stereocenters. The number of nitrogens with zero attached hydrogens (tertiary/aromatic N) is 1. The molecule has 1 aliphatic heterocycles. The Hall–Kier alpha value is -2.04. The van der Waals surface area contributed by atoms with E-state index in [0.717, 1.165) is 5.69 Å². The van der Waals surface area contributed by atoms with Crippen molar-refractivity contribution in [1.29, 1.82) is 0 Å². The Morgan fingerprint density at radius 1 is 0.909 bits per heavy atom. The molecular formula is C16H12Cl2N2O2. The van der Waals surface area contributed by atoms with Gasteiger partial charge in [0.25, 0.3) is 5.91 Å². The van der Waals surface area contributed by atoms with Crippen LogP contribution in [-0.2, 0) is 9.59 Å². The Bertz CT molecular complexity index is 714. The number of rotatable bonds is 3. The van der Waals surface area contributed by atoms with Crippen LogP contribution in [0.3, 0.4) is 0 Å². The van der Waals surface area contributed by atoms with Crippen LogP contribution in [0.2, 0.25) is 10.0 Å². The van der Waals surface area contributed by atoms with Crippen LogP contribution in [0.4, 0.5) is 11.4 Å². The van der Waals surface area contributed by atoms with E-state index in [0.29, 0.717) is 15.7 Å². The molecule has 1 N–H and O–H groups in total. The lowest BCUT2D eigenvalue weighted by Crippen LogP contribution is -2.34. The Labute approximate surface area is 137 Å². The number of halogens is 2. The highest BCUT2D eigenvalue weighted by atomic mass is 35.5. The van der Waals surface area contributed by atoms with Crippen molar-refractivity contribution >= 4 is 46.4 Å². The van der Waals surface area contributed by atoms with Crippen LogP contribution < -0.4 is 10.2 Å². The molecule has 1 atom stereocenters. The molecule has 0 spiro atoms. The summed E-state index contributed by atoms with van der Waals surface area (Å²) in [5.41, 5.74) is 1.27. The van der Waals surface area contributed by atoms with Crippen molar-refractivity contribution in [3.05, 3.63) is 58.6 Å². The Morgan fingerprint density at radius 2 is 1.45 bits per heavy atom. The predicted octanol–water partition coefficient (Wildman–Crippen LogP) is 3.74. The second kappa shape index (κ2) is 5.99. The quantitative estimate of drug-likeness (QED) is 0.870. The van der Waals surface area contributed by atoms with Crippen molar-refractivity contribution in [3.8, 4) is 0 Å². The number of carbonyl (C=O) groups is 2. The highest BCUT2D eigenvalue weighted by Gasteiger charge is 2.39. The van der Waals surface area contributed by atoms with Gasteiger partial charge < -0.3 is 5.32 Å². The van der Waals surface area contributed by atoms with Gasteiger partial charge in [0, 0.05) is 15.7 Å². The number of amides is 2. The third-order valence-electron chi connectivity index (χ3n) is 3.42. The summed E-state index contributed by atoms with van der Waals surface area (Å²) in [6.07, 6.45) is 0.115. The summed E-state index contributed by atoms with van der Waals surface area (Å²) in [5, 5.41) is 4.23. The normalized spacial score (nSPS) is 17.9. The Balaban J connectivity index is 1.79. The molecule has 22 heavy (non-hydrogen) atoms. The van der Waals surface area contributed by atoms with Gasteiger partial charge in [-0.3, -0.25) is 9.59 Å². The van der Waals surface area contributed by atoms with Crippen LogP contribution >= 0.6 is 23.2 Å². The van der Waals surface area contributed by atoms with Crippen molar-refractivity contribution in [2.45, 2.75) is 12.5 Å². The highest BCUT2D eigenvalue weighted by molar-refractivity contribution is 6.31. The Kier molecular flexibility index (Phi) is 4.05. The standard InChI is InChI=1S/C16H12Cl2N2O2/c17-10-1-5-12(6-2-10)19-14-9-15(21)20(16(14)22)13-7-3-11(18)4-8-13/h1-8,14,19H,9H2. The fourth-order valence-corrected chi connectivity index (χ4v) is 2.61. The molecule has 1 heterocycles. The molecule has 112 valence electrons. The molecule has 0 bridgehead atoms. The van der Waals surface area contributed by atoms with Gasteiger partial charge in [0.05, 0.1) is 12.1 Å². The lowest BCUT2D eigenvalue weighted by atomic mass is 10.2. The molecular weight excluding hydrogens is 323 g/mol. The zero-order chi connectivity index (χ0) is 15.7. The van der Waals surface area contributed by atoms with Crippen LogP contribution in [0.25, 0.3) is 0 Å². The first kappa shape index (κ1) is 14.9. The number of hydrogen-bond acceptors (Lipinski definition) is 3. The van der Waals surface area contributed by atoms with Gasteiger partial charge in [-0.1, -0.05) is 23.2 Å². The Morgan fingerprint density at radius 3 is 2.05 bits per heavy atom. The molecule has 2 aromatic carbocycles. The first-order chi connectivity index (χ1) is 10.5. The van der Waals surface area contributed by atoms with E-state index in [1.54, 1.807) is 48.5 Å². The minimum absolute atomic E-state index is 0.115. The van der Waals surface area contributed by atoms with Crippen LogP contribution in [-0.4, -0.2) is 17.9 Å². The number of imide groups is 1. The molecule has 0 radical (unpaired) electrons. The zero-order valence-corrected chi connectivity index (χ0v) is 12.9. The molecule has 0 aromatic heterocycles. The first-order valence-electron chi connectivity index (χ1n) is 6.69. The largest absolute Gasteiger partial charge is 0.373 e. The van der Waals surface area contributed by atoms with Crippen molar-refractivity contribution < 1.29 is 9.59 Å². The minimum atomic E-state index is -0.579. The smallest absolute Gasteiger partial charge is 0.256 e. The summed E-state index contributed by atoms with van der Waals surface area (Å²) in [6, 6.07) is 13.0. The first-order valence-corrected chi connectivity index (χ1v) is 7.44. The second-order valence-electron chi connectivity index (χ2n) is 4.95. The van der Waals surface area contributed by atoms with E-state index in [9.17, 15) is 9.59 Å². The molecule has 1 fully saturated rings. The van der Waals surface area contributed by atoms with Gasteiger partial charge in [0.15, 0.2) is 0 Å². The molecule has 3 rings (SSSR count). The van der Waals surface area contributed by atoms with E-state index in [-0.39, 0.29) is 18.2 Å². The summed E-state index contributed by atoms with van der Waals surface area (Å²) in [7, 11) is 0. The average molecular weight is 335 g/mol. The maximum Gasteiger partial charge on any atom is 0.256 e. The fraction of sp³-hybridized carbons (Fsp3) is 0.125. The molecule has 2 amide bonds. The summed E-state index contributed by atoms with van der Waals surface area (Å²) >= 11 is 11.7. The van der Waals surface area contributed by atoms with E-state index in [2.05, 4.69) is 5.32 Å². The van der Waals surface area contributed by atoms with Crippen LogP contribution in [0, 0.1) is 0 Å². The highest BCUT2D eigenvalue weighted by Crippen LogP contribution is 2.26. The summed E-state index contributed by atoms with van der Waals surface area (Å²) in [4.78, 5) is 25.8. The number of anilines is 2. The number of hydrogen-bond donors (Lipinski definition) is 1. The van der Waals surface area contributed by atoms with Gasteiger partial charge in [-0.05, 0) is 48.5 Å². The zero-order valence-electron chi connectivity index (χ0n) is 11.4. The van der Waals surface area contributed by atoms with Crippen LogP contribution in [0.15, 0.2) is 48.5 Å². The monoisotopic (exact) mass is 334 g/mol. The van der Waals surface area contributed by atoms with Crippen LogP contribution in [0.1, 0.15) is 6.42 Å². The molecule has 4 nitrogen and oxygen atoms in total. The summed E-state index contributed by atoms with van der Waals surface area (Å²) in [5.74, 6) is -0.513. The predicted molar refractivity (Wildman–Crippen MR) is 87.4 cm³/mol. The molecule has 0 aliphatic carbocycles.